The molecule has 1 fully saturated rings. The lowest BCUT2D eigenvalue weighted by atomic mass is 9.92. The van der Waals surface area contributed by atoms with E-state index in [4.69, 9.17) is 4.52 Å². The average molecular weight is 306 g/mol. The molecule has 3 rings (SSSR count). The van der Waals surface area contributed by atoms with Gasteiger partial charge in [-0.25, -0.2) is 0 Å². The molecule has 5 nitrogen and oxygen atoms in total. The van der Waals surface area contributed by atoms with Gasteiger partial charge in [0.25, 0.3) is 0 Å². The van der Waals surface area contributed by atoms with Crippen molar-refractivity contribution in [2.75, 3.05) is 6.54 Å². The van der Waals surface area contributed by atoms with Crippen LogP contribution in [0.25, 0.3) is 10.6 Å². The molecule has 1 aliphatic heterocycles. The van der Waals surface area contributed by atoms with Crippen LogP contribution >= 0.6 is 11.3 Å². The molecule has 21 heavy (non-hydrogen) atoms. The summed E-state index contributed by atoms with van der Waals surface area (Å²) in [5.74, 6) is 0.460. The second-order valence-corrected chi connectivity index (χ2v) is 6.56. The van der Waals surface area contributed by atoms with Gasteiger partial charge in [0.2, 0.25) is 0 Å². The van der Waals surface area contributed by atoms with Crippen LogP contribution in [0.1, 0.15) is 25.5 Å². The minimum absolute atomic E-state index is 0.421. The highest BCUT2D eigenvalue weighted by Crippen LogP contribution is 2.27. The van der Waals surface area contributed by atoms with Gasteiger partial charge in [-0.2, -0.15) is 0 Å². The van der Waals surface area contributed by atoms with E-state index in [2.05, 4.69) is 12.1 Å². The number of piperidine rings is 1. The molecular formula is C15H18N2O3S. The molecule has 1 aliphatic rings. The van der Waals surface area contributed by atoms with Crippen LogP contribution < -0.4 is 0 Å². The Morgan fingerprint density at radius 1 is 1.62 bits per heavy atom. The largest absolute Gasteiger partial charge is 0.480 e. The van der Waals surface area contributed by atoms with Gasteiger partial charge in [-0.1, -0.05) is 18.1 Å². The van der Waals surface area contributed by atoms with E-state index in [1.807, 2.05) is 28.5 Å². The Hall–Kier alpha value is -1.66. The van der Waals surface area contributed by atoms with Gasteiger partial charge in [0, 0.05) is 12.6 Å². The highest BCUT2D eigenvalue weighted by molar-refractivity contribution is 7.13. The molecule has 0 amide bonds. The maximum absolute atomic E-state index is 11.4. The predicted molar refractivity (Wildman–Crippen MR) is 80.0 cm³/mol. The number of aromatic nitrogens is 1. The molecule has 0 radical (unpaired) electrons. The quantitative estimate of drug-likeness (QED) is 0.940. The summed E-state index contributed by atoms with van der Waals surface area (Å²) >= 11 is 1.60. The Balaban J connectivity index is 1.72. The van der Waals surface area contributed by atoms with Crippen LogP contribution in [0.2, 0.25) is 0 Å². The number of aliphatic carboxylic acids is 1. The third kappa shape index (κ3) is 3.16. The number of carboxylic acids is 1. The zero-order valence-electron chi connectivity index (χ0n) is 11.9. The van der Waals surface area contributed by atoms with Crippen molar-refractivity contribution in [2.45, 2.75) is 32.4 Å². The fourth-order valence-corrected chi connectivity index (χ4v) is 3.44. The number of hydrogen-bond acceptors (Lipinski definition) is 5. The lowest BCUT2D eigenvalue weighted by Crippen LogP contribution is -2.46. The van der Waals surface area contributed by atoms with E-state index in [0.29, 0.717) is 18.9 Å². The van der Waals surface area contributed by atoms with Crippen LogP contribution in [0, 0.1) is 5.92 Å². The van der Waals surface area contributed by atoms with E-state index in [1.165, 1.54) is 0 Å². The summed E-state index contributed by atoms with van der Waals surface area (Å²) in [5.41, 5.74) is 0.791. The Morgan fingerprint density at radius 3 is 3.19 bits per heavy atom. The molecule has 0 bridgehead atoms. The maximum Gasteiger partial charge on any atom is 0.320 e. The average Bonchev–Trinajstić information content (AvgIpc) is 3.11. The zero-order chi connectivity index (χ0) is 14.8. The van der Waals surface area contributed by atoms with Crippen molar-refractivity contribution in [1.82, 2.24) is 10.1 Å². The zero-order valence-corrected chi connectivity index (χ0v) is 12.7. The van der Waals surface area contributed by atoms with Crippen LogP contribution in [0.3, 0.4) is 0 Å². The van der Waals surface area contributed by atoms with Crippen molar-refractivity contribution in [3.8, 4) is 10.6 Å². The Labute approximate surface area is 127 Å². The number of carboxylic acid groups (broad SMARTS) is 1. The van der Waals surface area contributed by atoms with Crippen molar-refractivity contribution in [3.05, 3.63) is 29.3 Å². The first-order valence-corrected chi connectivity index (χ1v) is 7.98. The van der Waals surface area contributed by atoms with Crippen LogP contribution in [0.4, 0.5) is 0 Å². The SMILES string of the molecule is CC1CCN(Cc2cc(-c3cccs3)on2)C(C(=O)O)C1. The van der Waals surface area contributed by atoms with Gasteiger partial charge >= 0.3 is 5.97 Å². The van der Waals surface area contributed by atoms with E-state index >= 15 is 0 Å². The molecule has 0 aliphatic carbocycles. The van der Waals surface area contributed by atoms with Gasteiger partial charge in [-0.15, -0.1) is 11.3 Å². The summed E-state index contributed by atoms with van der Waals surface area (Å²) in [4.78, 5) is 14.4. The number of carbonyl (C=O) groups is 1. The second kappa shape index (κ2) is 5.99. The molecule has 0 spiro atoms. The Bertz CT molecular complexity index is 608. The molecule has 1 N–H and O–H groups in total. The molecule has 6 heteroatoms. The molecule has 2 aromatic heterocycles. The van der Waals surface area contributed by atoms with E-state index in [9.17, 15) is 9.90 Å². The van der Waals surface area contributed by atoms with E-state index in [1.54, 1.807) is 11.3 Å². The highest BCUT2D eigenvalue weighted by Gasteiger charge is 2.32. The van der Waals surface area contributed by atoms with Gasteiger partial charge < -0.3 is 9.63 Å². The van der Waals surface area contributed by atoms with E-state index in [-0.39, 0.29) is 0 Å². The fourth-order valence-electron chi connectivity index (χ4n) is 2.77. The number of nitrogens with zero attached hydrogens (tertiary/aromatic N) is 2. The molecule has 2 atom stereocenters. The van der Waals surface area contributed by atoms with Crippen LogP contribution in [0.5, 0.6) is 0 Å². The van der Waals surface area contributed by atoms with Crippen molar-refractivity contribution < 1.29 is 14.4 Å². The molecule has 2 aromatic rings. The van der Waals surface area contributed by atoms with Crippen LogP contribution in [-0.2, 0) is 11.3 Å². The summed E-state index contributed by atoms with van der Waals surface area (Å²) < 4.78 is 5.35. The Kier molecular flexibility index (Phi) is 4.07. The molecule has 1 saturated heterocycles. The number of hydrogen-bond donors (Lipinski definition) is 1. The summed E-state index contributed by atoms with van der Waals surface area (Å²) in [5, 5.41) is 15.4. The molecule has 0 saturated carbocycles. The number of rotatable bonds is 4. The molecule has 2 unspecified atom stereocenters. The smallest absolute Gasteiger partial charge is 0.320 e. The van der Waals surface area contributed by atoms with Crippen molar-refractivity contribution >= 4 is 17.3 Å². The van der Waals surface area contributed by atoms with E-state index < -0.39 is 12.0 Å². The minimum atomic E-state index is -0.747. The number of thiophene rings is 1. The molecule has 0 aromatic carbocycles. The minimum Gasteiger partial charge on any atom is -0.480 e. The second-order valence-electron chi connectivity index (χ2n) is 5.61. The Morgan fingerprint density at radius 2 is 2.48 bits per heavy atom. The van der Waals surface area contributed by atoms with Crippen LogP contribution in [0.15, 0.2) is 28.1 Å². The summed E-state index contributed by atoms with van der Waals surface area (Å²) in [6, 6.07) is 5.44. The van der Waals surface area contributed by atoms with Crippen molar-refractivity contribution in [3.63, 3.8) is 0 Å². The molecular weight excluding hydrogens is 288 g/mol. The third-order valence-corrected chi connectivity index (χ3v) is 4.83. The monoisotopic (exact) mass is 306 g/mol. The van der Waals surface area contributed by atoms with Gasteiger partial charge in [0.05, 0.1) is 10.6 Å². The lowest BCUT2D eigenvalue weighted by molar-refractivity contribution is -0.145. The first-order valence-electron chi connectivity index (χ1n) is 7.10. The first-order chi connectivity index (χ1) is 10.1. The number of likely N-dealkylation sites (tertiary alicyclic amines) is 1. The highest BCUT2D eigenvalue weighted by atomic mass is 32.1. The maximum atomic E-state index is 11.4. The van der Waals surface area contributed by atoms with Crippen molar-refractivity contribution in [2.24, 2.45) is 5.92 Å². The van der Waals surface area contributed by atoms with Gasteiger partial charge in [0.1, 0.15) is 6.04 Å². The first kappa shape index (κ1) is 14.3. The van der Waals surface area contributed by atoms with Gasteiger partial charge in [-0.3, -0.25) is 9.69 Å². The van der Waals surface area contributed by atoms with Crippen molar-refractivity contribution in [1.29, 1.82) is 0 Å². The third-order valence-electron chi connectivity index (χ3n) is 3.95. The summed E-state index contributed by atoms with van der Waals surface area (Å²) in [7, 11) is 0. The van der Waals surface area contributed by atoms with E-state index in [0.717, 1.165) is 29.3 Å². The van der Waals surface area contributed by atoms with Gasteiger partial charge in [-0.05, 0) is 36.8 Å². The topological polar surface area (TPSA) is 66.6 Å². The standard InChI is InChI=1S/C15H18N2O3S/c1-10-4-5-17(12(7-10)15(18)19)9-11-8-13(20-16-11)14-3-2-6-21-14/h2-3,6,8,10,12H,4-5,7,9H2,1H3,(H,18,19). The molecule has 3 heterocycles. The lowest BCUT2D eigenvalue weighted by Gasteiger charge is -2.35. The summed E-state index contributed by atoms with van der Waals surface area (Å²) in [6.45, 7) is 3.43. The summed E-state index contributed by atoms with van der Waals surface area (Å²) in [6.07, 6.45) is 1.73. The normalized spacial score (nSPS) is 23.3. The predicted octanol–water partition coefficient (Wildman–Crippen LogP) is 3.09. The van der Waals surface area contributed by atoms with Gasteiger partial charge in [0.15, 0.2) is 5.76 Å². The fraction of sp³-hybridized carbons (Fsp3) is 0.467. The van der Waals surface area contributed by atoms with Crippen LogP contribution in [-0.4, -0.2) is 33.7 Å². The molecule has 112 valence electrons.